The zero-order valence-electron chi connectivity index (χ0n) is 19.7. The van der Waals surface area contributed by atoms with Gasteiger partial charge in [0, 0.05) is 12.4 Å². The average molecular weight is 515 g/mol. The molecule has 3 aromatic rings. The fraction of sp³-hybridized carbons (Fsp3) is 0.280. The number of hydrogen-bond donors (Lipinski definition) is 4. The number of nitrogens with zero attached hydrogens (tertiary/aromatic N) is 2. The van der Waals surface area contributed by atoms with Gasteiger partial charge >= 0.3 is 6.18 Å². The van der Waals surface area contributed by atoms with E-state index in [4.69, 9.17) is 10.5 Å². The molecule has 2 amide bonds. The van der Waals surface area contributed by atoms with Gasteiger partial charge in [0.15, 0.2) is 0 Å². The number of nitrogens with one attached hydrogen (secondary N) is 2. The summed E-state index contributed by atoms with van der Waals surface area (Å²) in [6.07, 6.45) is -0.814. The molecule has 1 fully saturated rings. The molecule has 0 radical (unpaired) electrons. The molecule has 5 N–H and O–H groups in total. The fourth-order valence-corrected chi connectivity index (χ4v) is 3.57. The smallest absolute Gasteiger partial charge is 0.419 e. The van der Waals surface area contributed by atoms with Crippen LogP contribution in [-0.4, -0.2) is 32.4 Å². The van der Waals surface area contributed by atoms with Crippen molar-refractivity contribution in [3.05, 3.63) is 77.4 Å². The van der Waals surface area contributed by atoms with Crippen LogP contribution in [0.15, 0.2) is 55.0 Å². The van der Waals surface area contributed by atoms with Crippen LogP contribution in [0.5, 0.6) is 11.5 Å². The van der Waals surface area contributed by atoms with E-state index in [1.165, 1.54) is 49.8 Å². The van der Waals surface area contributed by atoms with Gasteiger partial charge < -0.3 is 26.2 Å². The van der Waals surface area contributed by atoms with Crippen molar-refractivity contribution in [2.75, 3.05) is 5.73 Å². The van der Waals surface area contributed by atoms with Crippen molar-refractivity contribution in [1.29, 1.82) is 0 Å². The average Bonchev–Trinajstić information content (AvgIpc) is 3.63. The van der Waals surface area contributed by atoms with Crippen molar-refractivity contribution in [2.45, 2.75) is 44.1 Å². The Balaban J connectivity index is 1.36. The lowest BCUT2D eigenvalue weighted by Crippen LogP contribution is -2.48. The largest absolute Gasteiger partial charge is 0.455 e. The monoisotopic (exact) mass is 515 g/mol. The van der Waals surface area contributed by atoms with E-state index in [-0.39, 0.29) is 29.3 Å². The summed E-state index contributed by atoms with van der Waals surface area (Å²) >= 11 is 0. The normalized spacial score (nSPS) is 14.9. The lowest BCUT2D eigenvalue weighted by Gasteiger charge is -2.17. The van der Waals surface area contributed by atoms with Gasteiger partial charge in [-0.15, -0.1) is 0 Å². The lowest BCUT2D eigenvalue weighted by atomic mass is 10.1. The van der Waals surface area contributed by atoms with Crippen LogP contribution in [0.2, 0.25) is 0 Å². The standard InChI is InChI=1S/C25H24F3N5O4/c1-14(34)15-2-5-21(20(9-15)25(26,27)28)37-19-4-3-18(31-13-19)12-32-23(36)24(6-7-24)33-22(35)16-8-17(29)11-30-10-16/h2-5,8-11,13-14,34H,6-7,12,29H2,1H3,(H,32,36)(H,33,35). The van der Waals surface area contributed by atoms with Crippen molar-refractivity contribution in [1.82, 2.24) is 20.6 Å². The van der Waals surface area contributed by atoms with Gasteiger partial charge in [-0.25, -0.2) is 0 Å². The number of carbonyl (C=O) groups excluding carboxylic acids is 2. The predicted octanol–water partition coefficient (Wildman–Crippen LogP) is 3.50. The third-order valence-electron chi connectivity index (χ3n) is 5.81. The maximum atomic E-state index is 13.5. The highest BCUT2D eigenvalue weighted by atomic mass is 19.4. The summed E-state index contributed by atoms with van der Waals surface area (Å²) in [6, 6.07) is 7.73. The quantitative estimate of drug-likeness (QED) is 0.360. The Kier molecular flexibility index (Phi) is 7.03. The van der Waals surface area contributed by atoms with E-state index in [0.29, 0.717) is 24.2 Å². The maximum Gasteiger partial charge on any atom is 0.419 e. The van der Waals surface area contributed by atoms with Crippen LogP contribution in [0.25, 0.3) is 0 Å². The van der Waals surface area contributed by atoms with Crippen LogP contribution in [0.1, 0.15) is 53.0 Å². The number of nitrogens with two attached hydrogens (primary N) is 1. The van der Waals surface area contributed by atoms with Crippen LogP contribution in [0, 0.1) is 0 Å². The molecule has 1 aliphatic rings. The van der Waals surface area contributed by atoms with Crippen molar-refractivity contribution in [3.63, 3.8) is 0 Å². The van der Waals surface area contributed by atoms with E-state index < -0.39 is 35.0 Å². The van der Waals surface area contributed by atoms with Crippen molar-refractivity contribution < 1.29 is 32.6 Å². The highest BCUT2D eigenvalue weighted by molar-refractivity contribution is 6.00. The van der Waals surface area contributed by atoms with E-state index in [1.54, 1.807) is 0 Å². The number of alkyl halides is 3. The number of pyridine rings is 2. The first-order valence-corrected chi connectivity index (χ1v) is 11.3. The Hall–Kier alpha value is -4.19. The predicted molar refractivity (Wildman–Crippen MR) is 126 cm³/mol. The fourth-order valence-electron chi connectivity index (χ4n) is 3.57. The minimum Gasteiger partial charge on any atom is -0.455 e. The van der Waals surface area contributed by atoms with Crippen molar-refractivity contribution in [2.24, 2.45) is 0 Å². The van der Waals surface area contributed by atoms with Crippen LogP contribution in [-0.2, 0) is 17.5 Å². The summed E-state index contributed by atoms with van der Waals surface area (Å²) in [5.41, 5.74) is 4.71. The van der Waals surface area contributed by atoms with Gasteiger partial charge in [-0.05, 0) is 55.7 Å². The van der Waals surface area contributed by atoms with Crippen LogP contribution >= 0.6 is 0 Å². The molecule has 1 atom stereocenters. The number of nitrogen functional groups attached to an aromatic ring is 1. The molecule has 37 heavy (non-hydrogen) atoms. The molecule has 1 aliphatic carbocycles. The molecule has 1 unspecified atom stereocenters. The number of ether oxygens (including phenoxy) is 1. The Labute approximate surface area is 209 Å². The van der Waals surface area contributed by atoms with E-state index in [2.05, 4.69) is 20.6 Å². The Morgan fingerprint density at radius 3 is 2.51 bits per heavy atom. The first-order chi connectivity index (χ1) is 17.5. The van der Waals surface area contributed by atoms with Crippen molar-refractivity contribution >= 4 is 17.5 Å². The molecule has 0 saturated heterocycles. The molecule has 12 heteroatoms. The summed E-state index contributed by atoms with van der Waals surface area (Å²) in [5, 5.41) is 15.0. The molecule has 2 aromatic heterocycles. The van der Waals surface area contributed by atoms with Gasteiger partial charge in [0.1, 0.15) is 17.0 Å². The molecule has 0 bridgehead atoms. The number of aliphatic hydroxyl groups excluding tert-OH is 1. The van der Waals surface area contributed by atoms with Gasteiger partial charge in [0.2, 0.25) is 5.91 Å². The molecule has 2 heterocycles. The number of aliphatic hydroxyl groups is 1. The number of carbonyl (C=O) groups is 2. The Morgan fingerprint density at radius 1 is 1.16 bits per heavy atom. The zero-order chi connectivity index (χ0) is 26.8. The number of benzene rings is 1. The van der Waals surface area contributed by atoms with Crippen LogP contribution < -0.4 is 21.1 Å². The topological polar surface area (TPSA) is 139 Å². The van der Waals surface area contributed by atoms with Gasteiger partial charge in [0.25, 0.3) is 5.91 Å². The lowest BCUT2D eigenvalue weighted by molar-refractivity contribution is -0.138. The summed E-state index contributed by atoms with van der Waals surface area (Å²) in [7, 11) is 0. The number of halogens is 3. The minimum absolute atomic E-state index is 0.0352. The third kappa shape index (κ3) is 6.15. The SMILES string of the molecule is CC(O)c1ccc(Oc2ccc(CNC(=O)C3(NC(=O)c4cncc(N)c4)CC3)nc2)c(C(F)(F)F)c1. The summed E-state index contributed by atoms with van der Waals surface area (Å²) in [4.78, 5) is 33.2. The molecule has 194 valence electrons. The summed E-state index contributed by atoms with van der Waals surface area (Å²) in [6.45, 7) is 1.40. The molecular formula is C25H24F3N5O4. The Bertz CT molecular complexity index is 1310. The van der Waals surface area contributed by atoms with Gasteiger partial charge in [0.05, 0.1) is 41.4 Å². The Morgan fingerprint density at radius 2 is 1.92 bits per heavy atom. The molecule has 1 aromatic carbocycles. The number of aromatic nitrogens is 2. The van der Waals surface area contributed by atoms with Gasteiger partial charge in [-0.1, -0.05) is 6.07 Å². The third-order valence-corrected chi connectivity index (χ3v) is 5.81. The molecule has 4 rings (SSSR count). The highest BCUT2D eigenvalue weighted by Gasteiger charge is 2.51. The molecule has 1 saturated carbocycles. The molecule has 9 nitrogen and oxygen atoms in total. The van der Waals surface area contributed by atoms with Crippen LogP contribution in [0.3, 0.4) is 0 Å². The first kappa shape index (κ1) is 25.9. The van der Waals surface area contributed by atoms with Crippen LogP contribution in [0.4, 0.5) is 18.9 Å². The van der Waals surface area contributed by atoms with E-state index in [1.807, 2.05) is 0 Å². The molecule has 0 spiro atoms. The van der Waals surface area contributed by atoms with E-state index in [0.717, 1.165) is 12.1 Å². The maximum absolute atomic E-state index is 13.5. The van der Waals surface area contributed by atoms with Gasteiger partial charge in [-0.3, -0.25) is 19.6 Å². The minimum atomic E-state index is -4.68. The summed E-state index contributed by atoms with van der Waals surface area (Å²) in [5.74, 6) is -1.21. The van der Waals surface area contributed by atoms with Crippen molar-refractivity contribution in [3.8, 4) is 11.5 Å². The number of hydrogen-bond acceptors (Lipinski definition) is 7. The van der Waals surface area contributed by atoms with E-state index in [9.17, 15) is 27.9 Å². The number of amides is 2. The second-order valence-electron chi connectivity index (χ2n) is 8.74. The summed E-state index contributed by atoms with van der Waals surface area (Å²) < 4.78 is 45.8. The zero-order valence-corrected chi connectivity index (χ0v) is 19.7. The number of rotatable bonds is 8. The molecular weight excluding hydrogens is 491 g/mol. The first-order valence-electron chi connectivity index (χ1n) is 11.3. The van der Waals surface area contributed by atoms with Gasteiger partial charge in [-0.2, -0.15) is 13.2 Å². The highest BCUT2D eigenvalue weighted by Crippen LogP contribution is 2.39. The molecule has 0 aliphatic heterocycles. The number of anilines is 1. The second kappa shape index (κ2) is 10.1. The second-order valence-corrected chi connectivity index (χ2v) is 8.74. The van der Waals surface area contributed by atoms with E-state index >= 15 is 0 Å².